The highest BCUT2D eigenvalue weighted by Crippen LogP contribution is 2.38. The van der Waals surface area contributed by atoms with Crippen LogP contribution >= 0.6 is 0 Å². The SMILES string of the molecule is C#CCNC(=O)CC1CC(C(C)C)C(CNC(=O)NC2CCCCC2)C=C1C. The molecule has 3 N–H and O–H groups in total. The van der Waals surface area contributed by atoms with Crippen LogP contribution in [0.4, 0.5) is 4.79 Å². The Balaban J connectivity index is 1.90. The molecular formula is C23H37N3O2. The van der Waals surface area contributed by atoms with E-state index < -0.39 is 0 Å². The predicted octanol–water partition coefficient (Wildman–Crippen LogP) is 3.61. The van der Waals surface area contributed by atoms with Crippen molar-refractivity contribution in [3.8, 4) is 12.3 Å². The van der Waals surface area contributed by atoms with Crippen molar-refractivity contribution in [2.75, 3.05) is 13.1 Å². The highest BCUT2D eigenvalue weighted by atomic mass is 16.2. The zero-order valence-electron chi connectivity index (χ0n) is 17.7. The van der Waals surface area contributed by atoms with Gasteiger partial charge in [-0.2, -0.15) is 0 Å². The van der Waals surface area contributed by atoms with Gasteiger partial charge in [-0.15, -0.1) is 6.42 Å². The van der Waals surface area contributed by atoms with Crippen molar-refractivity contribution in [1.29, 1.82) is 0 Å². The number of carbonyl (C=O) groups excluding carboxylic acids is 2. The van der Waals surface area contributed by atoms with Crippen LogP contribution in [0.5, 0.6) is 0 Å². The third kappa shape index (κ3) is 6.89. The molecule has 0 bridgehead atoms. The predicted molar refractivity (Wildman–Crippen MR) is 114 cm³/mol. The van der Waals surface area contributed by atoms with Crippen molar-refractivity contribution in [3.05, 3.63) is 11.6 Å². The monoisotopic (exact) mass is 387 g/mol. The fraction of sp³-hybridized carbons (Fsp3) is 0.739. The lowest BCUT2D eigenvalue weighted by Crippen LogP contribution is -2.45. The fourth-order valence-electron chi connectivity index (χ4n) is 4.65. The topological polar surface area (TPSA) is 70.2 Å². The number of hydrogen-bond donors (Lipinski definition) is 3. The van der Waals surface area contributed by atoms with E-state index in [4.69, 9.17) is 6.42 Å². The van der Waals surface area contributed by atoms with E-state index in [1.807, 2.05) is 0 Å². The Morgan fingerprint density at radius 3 is 2.57 bits per heavy atom. The number of hydrogen-bond acceptors (Lipinski definition) is 2. The summed E-state index contributed by atoms with van der Waals surface area (Å²) in [5, 5.41) is 8.99. The molecule has 5 heteroatoms. The molecule has 0 aromatic carbocycles. The van der Waals surface area contributed by atoms with Gasteiger partial charge in [-0.1, -0.05) is 50.7 Å². The van der Waals surface area contributed by atoms with Gasteiger partial charge in [-0.3, -0.25) is 4.79 Å². The molecule has 1 saturated carbocycles. The summed E-state index contributed by atoms with van der Waals surface area (Å²) in [6, 6.07) is 0.278. The number of allylic oxidation sites excluding steroid dienone is 1. The van der Waals surface area contributed by atoms with E-state index in [2.05, 4.69) is 48.7 Å². The number of urea groups is 1. The lowest BCUT2D eigenvalue weighted by Gasteiger charge is -2.37. The maximum Gasteiger partial charge on any atom is 0.315 e. The van der Waals surface area contributed by atoms with E-state index >= 15 is 0 Å². The van der Waals surface area contributed by atoms with Gasteiger partial charge in [0.1, 0.15) is 0 Å². The molecule has 0 aliphatic heterocycles. The molecule has 0 aromatic heterocycles. The second-order valence-corrected chi connectivity index (χ2v) is 8.79. The maximum atomic E-state index is 12.3. The summed E-state index contributed by atoms with van der Waals surface area (Å²) in [6.45, 7) is 7.48. The van der Waals surface area contributed by atoms with Crippen LogP contribution in [0, 0.1) is 36.0 Å². The van der Waals surface area contributed by atoms with Crippen LogP contribution in [-0.2, 0) is 4.79 Å². The second-order valence-electron chi connectivity index (χ2n) is 8.79. The molecular weight excluding hydrogens is 350 g/mol. The first-order valence-corrected chi connectivity index (χ1v) is 10.8. The van der Waals surface area contributed by atoms with Crippen molar-refractivity contribution in [1.82, 2.24) is 16.0 Å². The van der Waals surface area contributed by atoms with Crippen LogP contribution in [0.1, 0.15) is 65.7 Å². The zero-order chi connectivity index (χ0) is 20.5. The number of carbonyl (C=O) groups is 2. The Morgan fingerprint density at radius 1 is 1.21 bits per heavy atom. The summed E-state index contributed by atoms with van der Waals surface area (Å²) in [7, 11) is 0. The minimum absolute atomic E-state index is 0.0154. The summed E-state index contributed by atoms with van der Waals surface area (Å²) in [5.41, 5.74) is 1.24. The van der Waals surface area contributed by atoms with E-state index in [1.54, 1.807) is 0 Å². The first-order chi connectivity index (χ1) is 13.4. The summed E-state index contributed by atoms with van der Waals surface area (Å²) >= 11 is 0. The molecule has 0 spiro atoms. The normalized spacial score (nSPS) is 25.5. The molecule has 3 amide bonds. The summed E-state index contributed by atoms with van der Waals surface area (Å²) < 4.78 is 0. The van der Waals surface area contributed by atoms with Crippen LogP contribution in [0.15, 0.2) is 11.6 Å². The average Bonchev–Trinajstić information content (AvgIpc) is 2.67. The van der Waals surface area contributed by atoms with Gasteiger partial charge in [-0.05, 0) is 49.9 Å². The smallest absolute Gasteiger partial charge is 0.315 e. The number of terminal acetylenes is 1. The molecule has 2 rings (SSSR count). The van der Waals surface area contributed by atoms with E-state index in [-0.39, 0.29) is 24.4 Å². The third-order valence-electron chi connectivity index (χ3n) is 6.34. The van der Waals surface area contributed by atoms with E-state index in [9.17, 15) is 9.59 Å². The van der Waals surface area contributed by atoms with Gasteiger partial charge < -0.3 is 16.0 Å². The van der Waals surface area contributed by atoms with Gasteiger partial charge in [0, 0.05) is 19.0 Å². The molecule has 2 aliphatic carbocycles. The molecule has 3 atom stereocenters. The molecule has 28 heavy (non-hydrogen) atoms. The molecule has 156 valence electrons. The quantitative estimate of drug-likeness (QED) is 0.461. The molecule has 0 aromatic rings. The van der Waals surface area contributed by atoms with Crippen LogP contribution < -0.4 is 16.0 Å². The molecule has 0 heterocycles. The van der Waals surface area contributed by atoms with Gasteiger partial charge in [0.2, 0.25) is 5.91 Å². The number of amides is 3. The summed E-state index contributed by atoms with van der Waals surface area (Å²) in [5.74, 6) is 3.96. The highest BCUT2D eigenvalue weighted by molar-refractivity contribution is 5.77. The van der Waals surface area contributed by atoms with Gasteiger partial charge >= 0.3 is 6.03 Å². The Labute approximate surface area is 170 Å². The van der Waals surface area contributed by atoms with Gasteiger partial charge in [0.05, 0.1) is 6.54 Å². The van der Waals surface area contributed by atoms with E-state index in [0.717, 1.165) is 19.3 Å². The third-order valence-corrected chi connectivity index (χ3v) is 6.34. The van der Waals surface area contributed by atoms with Gasteiger partial charge in [0.25, 0.3) is 0 Å². The minimum atomic E-state index is -0.0451. The highest BCUT2D eigenvalue weighted by Gasteiger charge is 2.32. The van der Waals surface area contributed by atoms with Crippen molar-refractivity contribution >= 4 is 11.9 Å². The first-order valence-electron chi connectivity index (χ1n) is 10.8. The molecule has 1 fully saturated rings. The van der Waals surface area contributed by atoms with Gasteiger partial charge in [0.15, 0.2) is 0 Å². The molecule has 0 saturated heterocycles. The molecule has 5 nitrogen and oxygen atoms in total. The van der Waals surface area contributed by atoms with Gasteiger partial charge in [-0.25, -0.2) is 4.79 Å². The Morgan fingerprint density at radius 2 is 1.93 bits per heavy atom. The molecule has 2 aliphatic rings. The van der Waals surface area contributed by atoms with Crippen molar-refractivity contribution < 1.29 is 9.59 Å². The van der Waals surface area contributed by atoms with Crippen LogP contribution in [0.25, 0.3) is 0 Å². The zero-order valence-corrected chi connectivity index (χ0v) is 17.7. The Bertz CT molecular complexity index is 599. The lowest BCUT2D eigenvalue weighted by molar-refractivity contribution is -0.121. The first kappa shape index (κ1) is 22.3. The standard InChI is InChI=1S/C23H37N3O2/c1-5-11-24-22(27)14-18-13-21(16(2)3)19(12-17(18)4)15-25-23(28)26-20-9-7-6-8-10-20/h1,12,16,18-21H,6-11,13-15H2,2-4H3,(H,24,27)(H2,25,26,28). The Hall–Kier alpha value is -1.96. The summed E-state index contributed by atoms with van der Waals surface area (Å²) in [6.07, 6.45) is 14.8. The van der Waals surface area contributed by atoms with Crippen LogP contribution in [-0.4, -0.2) is 31.1 Å². The fourth-order valence-corrected chi connectivity index (χ4v) is 4.65. The number of rotatable bonds is 7. The second kappa shape index (κ2) is 11.1. The largest absolute Gasteiger partial charge is 0.345 e. The minimum Gasteiger partial charge on any atom is -0.345 e. The Kier molecular flexibility index (Phi) is 8.89. The van der Waals surface area contributed by atoms with Crippen LogP contribution in [0.2, 0.25) is 0 Å². The van der Waals surface area contributed by atoms with Crippen molar-refractivity contribution in [2.45, 2.75) is 71.8 Å². The molecule has 3 unspecified atom stereocenters. The van der Waals surface area contributed by atoms with E-state index in [1.165, 1.54) is 24.8 Å². The summed E-state index contributed by atoms with van der Waals surface area (Å²) in [4.78, 5) is 24.4. The van der Waals surface area contributed by atoms with Crippen LogP contribution in [0.3, 0.4) is 0 Å². The van der Waals surface area contributed by atoms with Crippen molar-refractivity contribution in [2.24, 2.45) is 23.7 Å². The van der Waals surface area contributed by atoms with Crippen molar-refractivity contribution in [3.63, 3.8) is 0 Å². The van der Waals surface area contributed by atoms with E-state index in [0.29, 0.717) is 36.8 Å². The lowest BCUT2D eigenvalue weighted by atomic mass is 9.70. The maximum absolute atomic E-state index is 12.3. The number of nitrogens with one attached hydrogen (secondary N) is 3. The average molecular weight is 388 g/mol. The molecule has 0 radical (unpaired) electrons.